The molecule has 1 unspecified atom stereocenters. The third-order valence-electron chi connectivity index (χ3n) is 2.60. The highest BCUT2D eigenvalue weighted by Crippen LogP contribution is 2.12. The van der Waals surface area contributed by atoms with Crippen LogP contribution in [-0.2, 0) is 9.53 Å². The van der Waals surface area contributed by atoms with Crippen molar-refractivity contribution in [3.05, 3.63) is 0 Å². The first kappa shape index (κ1) is 16.3. The van der Waals surface area contributed by atoms with Gasteiger partial charge >= 0.3 is 0 Å². The summed E-state index contributed by atoms with van der Waals surface area (Å²) in [6.45, 7) is 4.54. The molecule has 6 heteroatoms. The first-order chi connectivity index (χ1) is 7.99. The Labute approximate surface area is 102 Å². The van der Waals surface area contributed by atoms with Crippen LogP contribution in [0.1, 0.15) is 13.8 Å². The van der Waals surface area contributed by atoms with E-state index in [2.05, 4.69) is 10.6 Å². The number of ether oxygens (including phenoxy) is 1. The van der Waals surface area contributed by atoms with Crippen LogP contribution in [0.3, 0.4) is 0 Å². The Hall–Kier alpha value is -0.690. The minimum atomic E-state index is -0.610. The number of hydrogen-bond donors (Lipinski definition) is 4. The van der Waals surface area contributed by atoms with E-state index in [1.54, 1.807) is 21.0 Å². The highest BCUT2D eigenvalue weighted by Gasteiger charge is 2.24. The van der Waals surface area contributed by atoms with Crippen LogP contribution in [0.4, 0.5) is 0 Å². The van der Waals surface area contributed by atoms with Gasteiger partial charge in [-0.1, -0.05) is 6.92 Å². The molecule has 0 aromatic carbocycles. The highest BCUT2D eigenvalue weighted by molar-refractivity contribution is 5.81. The predicted octanol–water partition coefficient (Wildman–Crippen LogP) is -1.28. The van der Waals surface area contributed by atoms with E-state index in [1.165, 1.54) is 0 Å². The van der Waals surface area contributed by atoms with Crippen molar-refractivity contribution in [2.75, 3.05) is 40.0 Å². The maximum Gasteiger partial charge on any atom is 0.236 e. The number of aliphatic hydroxyl groups excluding tert-OH is 2. The topological polar surface area (TPSA) is 90.8 Å². The zero-order valence-electron chi connectivity index (χ0n) is 10.8. The molecule has 0 aliphatic heterocycles. The van der Waals surface area contributed by atoms with Gasteiger partial charge in [-0.2, -0.15) is 0 Å². The highest BCUT2D eigenvalue weighted by atomic mass is 16.5. The molecule has 0 aliphatic carbocycles. The van der Waals surface area contributed by atoms with Gasteiger partial charge in [-0.15, -0.1) is 0 Å². The fourth-order valence-corrected chi connectivity index (χ4v) is 1.08. The van der Waals surface area contributed by atoms with Crippen molar-refractivity contribution in [3.63, 3.8) is 0 Å². The Morgan fingerprint density at radius 1 is 1.41 bits per heavy atom. The van der Waals surface area contributed by atoms with Gasteiger partial charge in [0.1, 0.15) is 0 Å². The molecule has 1 amide bonds. The van der Waals surface area contributed by atoms with E-state index in [0.29, 0.717) is 19.7 Å². The van der Waals surface area contributed by atoms with Crippen molar-refractivity contribution in [1.82, 2.24) is 10.6 Å². The quantitative estimate of drug-likeness (QED) is 0.382. The number of rotatable bonds is 9. The zero-order chi connectivity index (χ0) is 13.3. The Bertz CT molecular complexity index is 220. The van der Waals surface area contributed by atoms with Gasteiger partial charge < -0.3 is 25.6 Å². The normalized spacial score (nSPS) is 13.5. The first-order valence-electron chi connectivity index (χ1n) is 5.71. The van der Waals surface area contributed by atoms with Crippen LogP contribution in [0.25, 0.3) is 0 Å². The van der Waals surface area contributed by atoms with Crippen LogP contribution >= 0.6 is 0 Å². The van der Waals surface area contributed by atoms with E-state index in [4.69, 9.17) is 14.9 Å². The fraction of sp³-hybridized carbons (Fsp3) is 0.909. The van der Waals surface area contributed by atoms with Crippen LogP contribution in [-0.4, -0.2) is 62.2 Å². The molecule has 0 saturated carbocycles. The van der Waals surface area contributed by atoms with Crippen molar-refractivity contribution in [1.29, 1.82) is 0 Å². The van der Waals surface area contributed by atoms with E-state index in [-0.39, 0.29) is 25.2 Å². The van der Waals surface area contributed by atoms with Crippen LogP contribution in [0, 0.1) is 5.41 Å². The summed E-state index contributed by atoms with van der Waals surface area (Å²) in [5.74, 6) is -0.125. The Balaban J connectivity index is 3.91. The molecule has 0 rings (SSSR count). The van der Waals surface area contributed by atoms with Gasteiger partial charge in [0, 0.05) is 25.6 Å². The van der Waals surface area contributed by atoms with E-state index >= 15 is 0 Å². The third kappa shape index (κ3) is 6.58. The summed E-state index contributed by atoms with van der Waals surface area (Å²) in [5.41, 5.74) is -0.610. The molecular weight excluding hydrogens is 224 g/mol. The molecular formula is C11H24N2O4. The SMILES string of the molecule is COCCNC(=O)C(C)NCC(C)(CO)CO. The molecule has 0 spiro atoms. The number of hydrogen-bond acceptors (Lipinski definition) is 5. The summed E-state index contributed by atoms with van der Waals surface area (Å²) >= 11 is 0. The second-order valence-electron chi connectivity index (χ2n) is 4.51. The second kappa shape index (κ2) is 8.41. The van der Waals surface area contributed by atoms with Gasteiger partial charge in [-0.25, -0.2) is 0 Å². The maximum absolute atomic E-state index is 11.6. The summed E-state index contributed by atoms with van der Waals surface area (Å²) in [6.07, 6.45) is 0. The van der Waals surface area contributed by atoms with Gasteiger partial charge in [-0.05, 0) is 6.92 Å². The lowest BCUT2D eigenvalue weighted by atomic mass is 9.93. The number of amides is 1. The molecule has 0 bridgehead atoms. The lowest BCUT2D eigenvalue weighted by Crippen LogP contribution is -2.48. The van der Waals surface area contributed by atoms with Gasteiger partial charge in [0.25, 0.3) is 0 Å². The minimum Gasteiger partial charge on any atom is -0.396 e. The number of carbonyl (C=O) groups is 1. The molecule has 6 nitrogen and oxygen atoms in total. The number of aliphatic hydroxyl groups is 2. The second-order valence-corrected chi connectivity index (χ2v) is 4.51. The summed E-state index contributed by atoms with van der Waals surface area (Å²) < 4.78 is 4.82. The molecule has 4 N–H and O–H groups in total. The molecule has 102 valence electrons. The first-order valence-corrected chi connectivity index (χ1v) is 5.71. The van der Waals surface area contributed by atoms with Gasteiger partial charge in [0.05, 0.1) is 25.9 Å². The smallest absolute Gasteiger partial charge is 0.236 e. The lowest BCUT2D eigenvalue weighted by molar-refractivity contribution is -0.123. The molecule has 0 fully saturated rings. The summed E-state index contributed by atoms with van der Waals surface area (Å²) in [6, 6.07) is -0.371. The minimum absolute atomic E-state index is 0.125. The van der Waals surface area contributed by atoms with Crippen LogP contribution in [0.2, 0.25) is 0 Å². The number of carbonyl (C=O) groups excluding carboxylic acids is 1. The van der Waals surface area contributed by atoms with E-state index in [0.717, 1.165) is 0 Å². The standard InChI is InChI=1S/C11H24N2O4/c1-9(10(16)12-4-5-17-3)13-6-11(2,7-14)8-15/h9,13-15H,4-8H2,1-3H3,(H,12,16). The lowest BCUT2D eigenvalue weighted by Gasteiger charge is -2.26. The molecule has 0 aliphatic rings. The van der Waals surface area contributed by atoms with Crippen LogP contribution < -0.4 is 10.6 Å². The maximum atomic E-state index is 11.6. The molecule has 0 heterocycles. The molecule has 0 aromatic heterocycles. The molecule has 17 heavy (non-hydrogen) atoms. The molecule has 0 saturated heterocycles. The number of nitrogens with one attached hydrogen (secondary N) is 2. The molecule has 0 radical (unpaired) electrons. The Morgan fingerprint density at radius 3 is 2.47 bits per heavy atom. The predicted molar refractivity (Wildman–Crippen MR) is 64.6 cm³/mol. The Morgan fingerprint density at radius 2 is 2.00 bits per heavy atom. The van der Waals surface area contributed by atoms with E-state index in [9.17, 15) is 4.79 Å². The van der Waals surface area contributed by atoms with Crippen molar-refractivity contribution in [3.8, 4) is 0 Å². The summed E-state index contributed by atoms with van der Waals surface area (Å²) in [7, 11) is 1.57. The van der Waals surface area contributed by atoms with Crippen molar-refractivity contribution >= 4 is 5.91 Å². The summed E-state index contributed by atoms with van der Waals surface area (Å²) in [4.78, 5) is 11.6. The largest absolute Gasteiger partial charge is 0.396 e. The zero-order valence-corrected chi connectivity index (χ0v) is 10.8. The average Bonchev–Trinajstić information content (AvgIpc) is 2.35. The Kier molecular flexibility index (Phi) is 8.07. The van der Waals surface area contributed by atoms with Gasteiger partial charge in [0.15, 0.2) is 0 Å². The summed E-state index contributed by atoms with van der Waals surface area (Å²) in [5, 5.41) is 23.9. The van der Waals surface area contributed by atoms with Crippen LogP contribution in [0.15, 0.2) is 0 Å². The van der Waals surface area contributed by atoms with Crippen molar-refractivity contribution in [2.24, 2.45) is 5.41 Å². The van der Waals surface area contributed by atoms with E-state index < -0.39 is 5.41 Å². The number of methoxy groups -OCH3 is 1. The molecule has 0 aromatic rings. The third-order valence-corrected chi connectivity index (χ3v) is 2.60. The molecule has 1 atom stereocenters. The van der Waals surface area contributed by atoms with Crippen molar-refractivity contribution in [2.45, 2.75) is 19.9 Å². The average molecular weight is 248 g/mol. The van der Waals surface area contributed by atoms with Crippen molar-refractivity contribution < 1.29 is 19.7 Å². The van der Waals surface area contributed by atoms with Crippen LogP contribution in [0.5, 0.6) is 0 Å². The van der Waals surface area contributed by atoms with Gasteiger partial charge in [-0.3, -0.25) is 4.79 Å². The monoisotopic (exact) mass is 248 g/mol. The van der Waals surface area contributed by atoms with E-state index in [1.807, 2.05) is 0 Å². The fourth-order valence-electron chi connectivity index (χ4n) is 1.08. The van der Waals surface area contributed by atoms with Gasteiger partial charge in [0.2, 0.25) is 5.91 Å².